The Morgan fingerprint density at radius 1 is 0.438 bits per heavy atom. The predicted octanol–water partition coefficient (Wildman–Crippen LogP) is 8.47. The van der Waals surface area contributed by atoms with Crippen LogP contribution in [0.3, 0.4) is 0 Å². The van der Waals surface area contributed by atoms with Crippen LogP contribution in [0.25, 0.3) is 32.7 Å². The summed E-state index contributed by atoms with van der Waals surface area (Å²) in [6.07, 6.45) is 0. The third-order valence-corrected chi connectivity index (χ3v) is 15.2. The summed E-state index contributed by atoms with van der Waals surface area (Å²) in [6.45, 7) is 17.2. The molecule has 10 aromatic carbocycles. The predicted molar refractivity (Wildman–Crippen MR) is 309 cm³/mol. The summed E-state index contributed by atoms with van der Waals surface area (Å²) < 4.78 is 0. The molecule has 10 aromatic rings. The van der Waals surface area contributed by atoms with Gasteiger partial charge in [-0.3, -0.25) is 0 Å². The van der Waals surface area contributed by atoms with Crippen LogP contribution in [-0.2, 0) is 25.0 Å². The first-order valence-corrected chi connectivity index (χ1v) is 26.2. The average molecular weight is 1120 g/mol. The van der Waals surface area contributed by atoms with Crippen molar-refractivity contribution < 1.29 is 44.3 Å². The third-order valence-electron chi connectivity index (χ3n) is 12.8. The topological polar surface area (TPSA) is 52.0 Å². The van der Waals surface area contributed by atoms with Crippen molar-refractivity contribution >= 4 is 59.9 Å². The van der Waals surface area contributed by atoms with Crippen LogP contribution >= 0.6 is 17.2 Å². The van der Waals surface area contributed by atoms with E-state index in [9.17, 15) is 0 Å². The number of aryl methyl sites for hydroxylation is 8. The molecule has 0 aliphatic rings. The molecule has 2 unspecified atom stereocenters. The van der Waals surface area contributed by atoms with E-state index in [0.29, 0.717) is 8.58 Å². The third kappa shape index (κ3) is 14.5. The number of hydrogen-bond acceptors (Lipinski definition) is 2. The van der Waals surface area contributed by atoms with Crippen molar-refractivity contribution in [2.75, 3.05) is 0 Å². The van der Waals surface area contributed by atoms with Gasteiger partial charge in [0.2, 0.25) is 0 Å². The smallest absolute Gasteiger partial charge is 1.00 e. The maximum absolute atomic E-state index is 7.45. The van der Waals surface area contributed by atoms with Crippen molar-refractivity contribution in [2.45, 2.75) is 67.0 Å². The Labute approximate surface area is 464 Å². The second-order valence-corrected chi connectivity index (χ2v) is 21.7. The van der Waals surface area contributed by atoms with Gasteiger partial charge in [-0.1, -0.05) is 253 Å². The molecule has 0 saturated heterocycles. The molecule has 0 spiro atoms. The van der Waals surface area contributed by atoms with E-state index in [1.54, 1.807) is 0 Å². The van der Waals surface area contributed by atoms with E-state index in [1.807, 2.05) is 36.4 Å². The minimum Gasteiger partial charge on any atom is -1.00 e. The van der Waals surface area contributed by atoms with Gasteiger partial charge in [0, 0.05) is 0 Å². The summed E-state index contributed by atoms with van der Waals surface area (Å²) in [5.74, 6) is 0. The van der Waals surface area contributed by atoms with Gasteiger partial charge in [-0.05, 0) is 112 Å². The van der Waals surface area contributed by atoms with E-state index in [1.165, 1.54) is 92.8 Å². The van der Waals surface area contributed by atoms with Crippen molar-refractivity contribution in [1.82, 2.24) is 0 Å². The first-order chi connectivity index (χ1) is 33.7. The van der Waals surface area contributed by atoms with E-state index < -0.39 is 11.6 Å². The van der Waals surface area contributed by atoms with Gasteiger partial charge in [0.25, 0.3) is 0 Å². The number of benzene rings is 10. The number of fused-ring (bicyclic) bond motifs is 2. The molecule has 2 nitrogen and oxygen atoms in total. The fourth-order valence-electron chi connectivity index (χ4n) is 10.0. The first kappa shape index (κ1) is 58.6. The molecular formula is C66H65Cl2N2P2Ru. The normalized spacial score (nSPS) is 12.0. The summed E-state index contributed by atoms with van der Waals surface area (Å²) >= 11 is 0. The Bertz CT molecular complexity index is 3220. The minimum atomic E-state index is -0.887. The molecule has 73 heavy (non-hydrogen) atoms. The van der Waals surface area contributed by atoms with Crippen LogP contribution < -0.4 is 57.5 Å². The number of rotatable bonds is 9. The number of nitrogens with two attached hydrogens (primary N) is 2. The van der Waals surface area contributed by atoms with Gasteiger partial charge in [-0.25, -0.2) is 0 Å². The SMILES string of the molecule is Cc1[c-]c(Pc2cc(C)cc(C)c2[C@@](N)(c2ccccc2)C(N)c2ccccc2)cc(C)c1.Cc1cc(C)cc(Pc2cc(C)cc(C)c2)c1.[Cl-].[Cl-].[Ru+3].c1ccc2c(-c3cccc4ccccc34)cccc2c1. The van der Waals surface area contributed by atoms with Gasteiger partial charge in [0.05, 0.1) is 11.6 Å². The summed E-state index contributed by atoms with van der Waals surface area (Å²) in [7, 11) is 1.20. The van der Waals surface area contributed by atoms with Crippen molar-refractivity contribution in [2.24, 2.45) is 11.5 Å². The largest absolute Gasteiger partial charge is 3.00 e. The van der Waals surface area contributed by atoms with Gasteiger partial charge in [0.15, 0.2) is 0 Å². The molecular weight excluding hydrogens is 1050 g/mol. The molecule has 0 heterocycles. The molecule has 371 valence electrons. The average Bonchev–Trinajstić information content (AvgIpc) is 3.33. The zero-order chi connectivity index (χ0) is 49.4. The van der Waals surface area contributed by atoms with E-state index in [-0.39, 0.29) is 44.3 Å². The Balaban J connectivity index is 0.000000212. The van der Waals surface area contributed by atoms with Gasteiger partial charge in [-0.2, -0.15) is 29.3 Å². The Kier molecular flexibility index (Phi) is 21.5. The van der Waals surface area contributed by atoms with Crippen LogP contribution in [0.2, 0.25) is 0 Å². The van der Waals surface area contributed by atoms with Crippen LogP contribution in [0.4, 0.5) is 0 Å². The van der Waals surface area contributed by atoms with Gasteiger partial charge >= 0.3 is 19.5 Å². The second-order valence-electron chi connectivity index (χ2n) is 18.9. The molecule has 0 aliphatic heterocycles. The summed E-state index contributed by atoms with van der Waals surface area (Å²) in [4.78, 5) is 0. The van der Waals surface area contributed by atoms with Crippen molar-refractivity contribution in [3.63, 3.8) is 0 Å². The van der Waals surface area contributed by atoms with Gasteiger partial charge in [0.1, 0.15) is 0 Å². The van der Waals surface area contributed by atoms with Crippen molar-refractivity contribution in [3.8, 4) is 11.1 Å². The zero-order valence-electron chi connectivity index (χ0n) is 43.0. The fourth-order valence-corrected chi connectivity index (χ4v) is 13.2. The summed E-state index contributed by atoms with van der Waals surface area (Å²) in [6, 6.07) is 76.3. The Morgan fingerprint density at radius 3 is 1.36 bits per heavy atom. The molecule has 0 aliphatic carbocycles. The van der Waals surface area contributed by atoms with E-state index >= 15 is 0 Å². The number of hydrogen-bond donors (Lipinski definition) is 2. The van der Waals surface area contributed by atoms with Crippen LogP contribution in [0.15, 0.2) is 206 Å². The fraction of sp³-hybridized carbons (Fsp3) is 0.152. The minimum absolute atomic E-state index is 0. The first-order valence-electron chi connectivity index (χ1n) is 24.2. The quantitative estimate of drug-likeness (QED) is 0.0867. The molecule has 0 aromatic heterocycles. The maximum Gasteiger partial charge on any atom is 3.00 e. The monoisotopic (exact) mass is 1120 g/mol. The molecule has 1 radical (unpaired) electrons. The van der Waals surface area contributed by atoms with Gasteiger partial charge in [-0.15, -0.1) is 5.30 Å². The number of halogens is 2. The van der Waals surface area contributed by atoms with Crippen LogP contribution in [0, 0.1) is 61.5 Å². The Hall–Kier alpha value is -5.30. The molecule has 0 amide bonds. The van der Waals surface area contributed by atoms with Crippen LogP contribution in [-0.4, -0.2) is 0 Å². The van der Waals surface area contributed by atoms with Gasteiger partial charge < -0.3 is 36.3 Å². The van der Waals surface area contributed by atoms with Crippen molar-refractivity contribution in [3.05, 3.63) is 274 Å². The molecule has 0 saturated carbocycles. The standard InChI is InChI=1S/C30H32N2P.C20H14.C16H19P.2ClH.Ru/c1-20-15-21(2)18-26(17-20)33-27-19-22(3)16-23(4)28(27)30(32,25-13-9-6-10-14-25)29(31)24-11-7-5-8-12-24;1-3-11-17-15(7-1)9-5-13-19(17)20-14-6-10-16-8-2-4-12-18(16)20;1-11-5-12(2)8-15(7-11)17-16-9-13(3)6-14(4)10-16;;;/h5-17,19,29,33H,31-32H2,1-4H3;1-14H;5-10,17H,1-4H3;2*1H;/q-1;;;;;+3/p-2/t29?,30-;;;;;/m0...../s1. The van der Waals surface area contributed by atoms with E-state index in [4.69, 9.17) is 11.5 Å². The summed E-state index contributed by atoms with van der Waals surface area (Å²) in [5.41, 5.74) is 29.6. The molecule has 0 bridgehead atoms. The van der Waals surface area contributed by atoms with Crippen LogP contribution in [0.1, 0.15) is 67.2 Å². The summed E-state index contributed by atoms with van der Waals surface area (Å²) in [5, 5.41) is 10.5. The molecule has 0 fully saturated rings. The van der Waals surface area contributed by atoms with Crippen molar-refractivity contribution in [1.29, 1.82) is 0 Å². The van der Waals surface area contributed by atoms with E-state index in [0.717, 1.165) is 30.8 Å². The Morgan fingerprint density at radius 2 is 0.863 bits per heavy atom. The molecule has 10 rings (SSSR count). The molecule has 7 heteroatoms. The second kappa shape index (κ2) is 26.8. The van der Waals surface area contributed by atoms with E-state index in [2.05, 4.69) is 231 Å². The maximum atomic E-state index is 7.45. The zero-order valence-corrected chi connectivity index (χ0v) is 48.2. The van der Waals surface area contributed by atoms with Crippen LogP contribution in [0.5, 0.6) is 0 Å². The molecule has 3 atom stereocenters. The molecule has 4 N–H and O–H groups in total.